The van der Waals surface area contributed by atoms with Crippen LogP contribution in [0.3, 0.4) is 0 Å². The van der Waals surface area contributed by atoms with E-state index >= 15 is 0 Å². The third kappa shape index (κ3) is 3.32. The Morgan fingerprint density at radius 3 is 3.00 bits per heavy atom. The molecule has 7 heteroatoms. The SMILES string of the molecule is CNC(=O)[C@@H]1CN(Cc2nc(-c3ccccc3)no2)CCO1. The van der Waals surface area contributed by atoms with Gasteiger partial charge in [-0.25, -0.2) is 0 Å². The number of benzene rings is 1. The summed E-state index contributed by atoms with van der Waals surface area (Å²) >= 11 is 0. The standard InChI is InChI=1S/C15H18N4O3/c1-16-15(20)12-9-19(7-8-21-12)10-13-17-14(18-22-13)11-5-3-2-4-6-11/h2-6,12H,7-10H2,1H3,(H,16,20)/t12-/m0/s1. The van der Waals surface area contributed by atoms with Crippen LogP contribution >= 0.6 is 0 Å². The van der Waals surface area contributed by atoms with Crippen molar-refractivity contribution in [2.24, 2.45) is 0 Å². The summed E-state index contributed by atoms with van der Waals surface area (Å²) in [6.07, 6.45) is -0.449. The summed E-state index contributed by atoms with van der Waals surface area (Å²) in [5.74, 6) is 1.00. The fraction of sp³-hybridized carbons (Fsp3) is 0.400. The zero-order valence-corrected chi connectivity index (χ0v) is 12.4. The van der Waals surface area contributed by atoms with Crippen molar-refractivity contribution in [3.05, 3.63) is 36.2 Å². The smallest absolute Gasteiger partial charge is 0.250 e. The van der Waals surface area contributed by atoms with E-state index in [0.29, 0.717) is 31.4 Å². The molecule has 0 unspecified atom stereocenters. The molecule has 1 atom stereocenters. The number of nitrogens with one attached hydrogen (secondary N) is 1. The maximum atomic E-state index is 11.6. The molecule has 116 valence electrons. The van der Waals surface area contributed by atoms with Crippen LogP contribution in [0, 0.1) is 0 Å². The Kier molecular flexibility index (Phi) is 4.45. The Morgan fingerprint density at radius 2 is 2.23 bits per heavy atom. The molecule has 1 amide bonds. The maximum absolute atomic E-state index is 11.6. The number of rotatable bonds is 4. The van der Waals surface area contributed by atoms with Crippen LogP contribution in [-0.2, 0) is 16.1 Å². The molecule has 2 heterocycles. The van der Waals surface area contributed by atoms with Gasteiger partial charge in [0.15, 0.2) is 0 Å². The number of hydrogen-bond acceptors (Lipinski definition) is 6. The number of ether oxygens (including phenoxy) is 1. The van der Waals surface area contributed by atoms with Crippen molar-refractivity contribution in [1.29, 1.82) is 0 Å². The molecule has 22 heavy (non-hydrogen) atoms. The highest BCUT2D eigenvalue weighted by molar-refractivity contribution is 5.80. The van der Waals surface area contributed by atoms with E-state index in [-0.39, 0.29) is 5.91 Å². The van der Waals surface area contributed by atoms with Crippen molar-refractivity contribution >= 4 is 5.91 Å². The fourth-order valence-electron chi connectivity index (χ4n) is 2.38. The lowest BCUT2D eigenvalue weighted by Gasteiger charge is -2.30. The Bertz CT molecular complexity index is 629. The van der Waals surface area contributed by atoms with Gasteiger partial charge in [-0.05, 0) is 0 Å². The molecule has 1 aliphatic rings. The summed E-state index contributed by atoms with van der Waals surface area (Å²) in [6, 6.07) is 9.68. The first-order valence-electron chi connectivity index (χ1n) is 7.20. The zero-order valence-electron chi connectivity index (χ0n) is 12.4. The monoisotopic (exact) mass is 302 g/mol. The molecule has 1 N–H and O–H groups in total. The van der Waals surface area contributed by atoms with Gasteiger partial charge >= 0.3 is 0 Å². The number of amides is 1. The van der Waals surface area contributed by atoms with Gasteiger partial charge < -0.3 is 14.6 Å². The number of aromatic nitrogens is 2. The van der Waals surface area contributed by atoms with Gasteiger partial charge in [0, 0.05) is 25.7 Å². The van der Waals surface area contributed by atoms with E-state index in [1.54, 1.807) is 7.05 Å². The lowest BCUT2D eigenvalue weighted by molar-refractivity contribution is -0.138. The van der Waals surface area contributed by atoms with Crippen LogP contribution in [0.4, 0.5) is 0 Å². The number of morpholine rings is 1. The van der Waals surface area contributed by atoms with Crippen molar-refractivity contribution in [2.45, 2.75) is 12.6 Å². The molecule has 0 aliphatic carbocycles. The summed E-state index contributed by atoms with van der Waals surface area (Å²) < 4.78 is 10.8. The molecule has 0 spiro atoms. The molecule has 1 aliphatic heterocycles. The van der Waals surface area contributed by atoms with Crippen LogP contribution < -0.4 is 5.32 Å². The summed E-state index contributed by atoms with van der Waals surface area (Å²) in [5, 5.41) is 6.60. The number of carbonyl (C=O) groups excluding carboxylic acids is 1. The fourth-order valence-corrected chi connectivity index (χ4v) is 2.38. The molecule has 0 bridgehead atoms. The third-order valence-corrected chi connectivity index (χ3v) is 3.55. The van der Waals surface area contributed by atoms with Gasteiger partial charge in [-0.3, -0.25) is 9.69 Å². The molecule has 1 saturated heterocycles. The van der Waals surface area contributed by atoms with E-state index in [9.17, 15) is 4.79 Å². The second-order valence-corrected chi connectivity index (χ2v) is 5.09. The number of hydrogen-bond donors (Lipinski definition) is 1. The van der Waals surface area contributed by atoms with Crippen molar-refractivity contribution in [3.8, 4) is 11.4 Å². The average Bonchev–Trinajstić information content (AvgIpc) is 3.03. The number of nitrogens with zero attached hydrogens (tertiary/aromatic N) is 3. The highest BCUT2D eigenvalue weighted by Gasteiger charge is 2.26. The first-order valence-corrected chi connectivity index (χ1v) is 7.20. The second kappa shape index (κ2) is 6.67. The second-order valence-electron chi connectivity index (χ2n) is 5.09. The Hall–Kier alpha value is -2.25. The molecule has 0 radical (unpaired) electrons. The zero-order chi connectivity index (χ0) is 15.4. The predicted molar refractivity (Wildman–Crippen MR) is 78.8 cm³/mol. The maximum Gasteiger partial charge on any atom is 0.250 e. The molecule has 1 fully saturated rings. The normalized spacial score (nSPS) is 19.0. The molecule has 1 aromatic heterocycles. The van der Waals surface area contributed by atoms with Gasteiger partial charge in [0.2, 0.25) is 17.6 Å². The molecule has 1 aromatic carbocycles. The quantitative estimate of drug-likeness (QED) is 0.895. The molecule has 3 rings (SSSR count). The summed E-state index contributed by atoms with van der Waals surface area (Å²) in [6.45, 7) is 2.27. The first kappa shape index (κ1) is 14.7. The highest BCUT2D eigenvalue weighted by Crippen LogP contribution is 2.16. The van der Waals surface area contributed by atoms with Crippen molar-refractivity contribution in [2.75, 3.05) is 26.7 Å². The first-order chi connectivity index (χ1) is 10.8. The van der Waals surface area contributed by atoms with E-state index in [1.165, 1.54) is 0 Å². The predicted octanol–water partition coefficient (Wildman–Crippen LogP) is 0.683. The Morgan fingerprint density at radius 1 is 1.41 bits per heavy atom. The number of carbonyl (C=O) groups is 1. The minimum absolute atomic E-state index is 0.111. The highest BCUT2D eigenvalue weighted by atomic mass is 16.5. The topological polar surface area (TPSA) is 80.5 Å². The average molecular weight is 302 g/mol. The van der Waals surface area contributed by atoms with Gasteiger partial charge in [0.1, 0.15) is 6.10 Å². The largest absolute Gasteiger partial charge is 0.366 e. The lowest BCUT2D eigenvalue weighted by Crippen LogP contribution is -2.48. The third-order valence-electron chi connectivity index (χ3n) is 3.55. The molecule has 0 saturated carbocycles. The summed E-state index contributed by atoms with van der Waals surface area (Å²) in [7, 11) is 1.61. The minimum atomic E-state index is -0.449. The van der Waals surface area contributed by atoms with E-state index in [0.717, 1.165) is 12.1 Å². The number of likely N-dealkylation sites (N-methyl/N-ethyl adjacent to an activating group) is 1. The van der Waals surface area contributed by atoms with Crippen molar-refractivity contribution in [3.63, 3.8) is 0 Å². The van der Waals surface area contributed by atoms with Crippen LogP contribution in [0.2, 0.25) is 0 Å². The van der Waals surface area contributed by atoms with Gasteiger partial charge in [-0.1, -0.05) is 35.5 Å². The Labute approximate surface area is 128 Å². The van der Waals surface area contributed by atoms with Gasteiger partial charge in [0.05, 0.1) is 13.2 Å². The minimum Gasteiger partial charge on any atom is -0.366 e. The van der Waals surface area contributed by atoms with E-state index < -0.39 is 6.10 Å². The lowest BCUT2D eigenvalue weighted by atomic mass is 10.2. The Balaban J connectivity index is 1.64. The van der Waals surface area contributed by atoms with Crippen LogP contribution in [-0.4, -0.2) is 53.8 Å². The van der Waals surface area contributed by atoms with Crippen LogP contribution in [0.5, 0.6) is 0 Å². The summed E-state index contributed by atoms with van der Waals surface area (Å²) in [5.41, 5.74) is 0.919. The van der Waals surface area contributed by atoms with E-state index in [4.69, 9.17) is 9.26 Å². The van der Waals surface area contributed by atoms with Crippen LogP contribution in [0.1, 0.15) is 5.89 Å². The van der Waals surface area contributed by atoms with E-state index in [1.807, 2.05) is 30.3 Å². The molecule has 2 aromatic rings. The van der Waals surface area contributed by atoms with Crippen molar-refractivity contribution < 1.29 is 14.1 Å². The molecule has 7 nitrogen and oxygen atoms in total. The molecular formula is C15H18N4O3. The van der Waals surface area contributed by atoms with Gasteiger partial charge in [-0.2, -0.15) is 4.98 Å². The van der Waals surface area contributed by atoms with Gasteiger partial charge in [-0.15, -0.1) is 0 Å². The summed E-state index contributed by atoms with van der Waals surface area (Å²) in [4.78, 5) is 18.1. The van der Waals surface area contributed by atoms with Crippen LogP contribution in [0.25, 0.3) is 11.4 Å². The van der Waals surface area contributed by atoms with Crippen molar-refractivity contribution in [1.82, 2.24) is 20.4 Å². The van der Waals surface area contributed by atoms with Crippen LogP contribution in [0.15, 0.2) is 34.9 Å². The molecular weight excluding hydrogens is 284 g/mol. The van der Waals surface area contributed by atoms with E-state index in [2.05, 4.69) is 20.4 Å². The van der Waals surface area contributed by atoms with Gasteiger partial charge in [0.25, 0.3) is 0 Å².